The first-order valence-electron chi connectivity index (χ1n) is 7.43. The van der Waals surface area contributed by atoms with Gasteiger partial charge in [-0.25, -0.2) is 9.37 Å². The van der Waals surface area contributed by atoms with Gasteiger partial charge in [0.2, 0.25) is 0 Å². The van der Waals surface area contributed by atoms with E-state index >= 15 is 0 Å². The zero-order valence-electron chi connectivity index (χ0n) is 12.8. The van der Waals surface area contributed by atoms with Crippen molar-refractivity contribution in [1.29, 1.82) is 0 Å². The van der Waals surface area contributed by atoms with Gasteiger partial charge in [-0.1, -0.05) is 12.1 Å². The second kappa shape index (κ2) is 5.96. The average molecular weight is 315 g/mol. The van der Waals surface area contributed by atoms with Gasteiger partial charge < -0.3 is 15.3 Å². The number of carbonyl (C=O) groups excluding carboxylic acids is 1. The predicted octanol–water partition coefficient (Wildman–Crippen LogP) is 2.00. The summed E-state index contributed by atoms with van der Waals surface area (Å²) in [5.41, 5.74) is -0.0352. The number of hydrogen-bond donors (Lipinski definition) is 2. The number of halogens is 1. The second-order valence-corrected chi connectivity index (χ2v) is 5.70. The highest BCUT2D eigenvalue weighted by molar-refractivity contribution is 5.94. The molecule has 23 heavy (non-hydrogen) atoms. The third-order valence-corrected chi connectivity index (χ3v) is 4.18. The standard InChI is InChI=1S/C17H18FN3O2/c1-19-15-7-2-12(10-20-15)16(22)21-9-8-17(23,11-21)13-3-5-14(18)6-4-13/h2-7,10,23H,8-9,11H2,1H3,(H,19,20). The molecule has 0 spiro atoms. The normalized spacial score (nSPS) is 20.6. The van der Waals surface area contributed by atoms with E-state index in [1.54, 1.807) is 36.2 Å². The quantitative estimate of drug-likeness (QED) is 0.909. The Morgan fingerprint density at radius 1 is 1.30 bits per heavy atom. The lowest BCUT2D eigenvalue weighted by Gasteiger charge is -2.24. The number of carbonyl (C=O) groups is 1. The minimum absolute atomic E-state index is 0.168. The number of aromatic nitrogens is 1. The summed E-state index contributed by atoms with van der Waals surface area (Å²) in [5.74, 6) is 0.169. The first-order chi connectivity index (χ1) is 11.0. The summed E-state index contributed by atoms with van der Waals surface area (Å²) < 4.78 is 13.0. The van der Waals surface area contributed by atoms with E-state index in [1.807, 2.05) is 0 Å². The van der Waals surface area contributed by atoms with Crippen molar-refractivity contribution >= 4 is 11.7 Å². The number of rotatable bonds is 3. The van der Waals surface area contributed by atoms with Crippen LogP contribution in [0.5, 0.6) is 0 Å². The number of aliphatic hydroxyl groups is 1. The van der Waals surface area contributed by atoms with Gasteiger partial charge in [-0.2, -0.15) is 0 Å². The molecular formula is C17H18FN3O2. The molecule has 3 rings (SSSR count). The molecule has 2 heterocycles. The number of nitrogens with zero attached hydrogens (tertiary/aromatic N) is 2. The molecule has 0 radical (unpaired) electrons. The van der Waals surface area contributed by atoms with E-state index in [9.17, 15) is 14.3 Å². The highest BCUT2D eigenvalue weighted by Crippen LogP contribution is 2.32. The third kappa shape index (κ3) is 3.03. The SMILES string of the molecule is CNc1ccc(C(=O)N2CCC(O)(c3ccc(F)cc3)C2)cn1. The topological polar surface area (TPSA) is 65.5 Å². The molecule has 2 aromatic rings. The van der Waals surface area contributed by atoms with Gasteiger partial charge in [0.1, 0.15) is 17.2 Å². The van der Waals surface area contributed by atoms with E-state index in [0.717, 1.165) is 0 Å². The Morgan fingerprint density at radius 3 is 2.65 bits per heavy atom. The number of amides is 1. The zero-order valence-corrected chi connectivity index (χ0v) is 12.8. The van der Waals surface area contributed by atoms with Gasteiger partial charge in [-0.3, -0.25) is 4.79 Å². The zero-order chi connectivity index (χ0) is 16.4. The maximum absolute atomic E-state index is 13.0. The van der Waals surface area contributed by atoms with Crippen LogP contribution in [0, 0.1) is 5.82 Å². The molecule has 1 aromatic carbocycles. The number of β-amino-alcohol motifs (C(OH)–C–C–N with tert-alkyl or cyclic N) is 1. The minimum atomic E-state index is -1.14. The highest BCUT2D eigenvalue weighted by Gasteiger charge is 2.39. The lowest BCUT2D eigenvalue weighted by Crippen LogP contribution is -2.34. The summed E-state index contributed by atoms with van der Waals surface area (Å²) >= 11 is 0. The van der Waals surface area contributed by atoms with E-state index in [2.05, 4.69) is 10.3 Å². The Labute approximate surface area is 133 Å². The van der Waals surface area contributed by atoms with Gasteiger partial charge in [0.05, 0.1) is 12.1 Å². The maximum atomic E-state index is 13.0. The predicted molar refractivity (Wildman–Crippen MR) is 84.6 cm³/mol. The van der Waals surface area contributed by atoms with Crippen LogP contribution in [0.15, 0.2) is 42.6 Å². The Hall–Kier alpha value is -2.47. The van der Waals surface area contributed by atoms with Gasteiger partial charge in [-0.15, -0.1) is 0 Å². The van der Waals surface area contributed by atoms with Gasteiger partial charge in [0.25, 0.3) is 5.91 Å². The van der Waals surface area contributed by atoms with E-state index in [1.165, 1.54) is 18.3 Å². The molecule has 0 aliphatic carbocycles. The number of benzene rings is 1. The fourth-order valence-corrected chi connectivity index (χ4v) is 2.81. The Kier molecular flexibility index (Phi) is 4.00. The molecule has 5 nitrogen and oxygen atoms in total. The number of anilines is 1. The van der Waals surface area contributed by atoms with Crippen LogP contribution >= 0.6 is 0 Å². The largest absolute Gasteiger partial charge is 0.383 e. The second-order valence-electron chi connectivity index (χ2n) is 5.70. The van der Waals surface area contributed by atoms with Crippen LogP contribution in [-0.4, -0.2) is 41.0 Å². The van der Waals surface area contributed by atoms with Crippen LogP contribution in [0.25, 0.3) is 0 Å². The molecule has 6 heteroatoms. The van der Waals surface area contributed by atoms with Crippen LogP contribution < -0.4 is 5.32 Å². The molecule has 1 atom stereocenters. The van der Waals surface area contributed by atoms with Crippen molar-refractivity contribution in [3.63, 3.8) is 0 Å². The molecule has 1 aliphatic heterocycles. The first-order valence-corrected chi connectivity index (χ1v) is 7.43. The fraction of sp³-hybridized carbons (Fsp3) is 0.294. The molecule has 120 valence electrons. The van der Waals surface area contributed by atoms with Crippen LogP contribution in [0.3, 0.4) is 0 Å². The summed E-state index contributed by atoms with van der Waals surface area (Å²) in [4.78, 5) is 18.2. The number of hydrogen-bond acceptors (Lipinski definition) is 4. The molecule has 1 unspecified atom stereocenters. The van der Waals surface area contributed by atoms with E-state index in [4.69, 9.17) is 0 Å². The van der Waals surface area contributed by atoms with Crippen molar-refractivity contribution in [2.24, 2.45) is 0 Å². The molecule has 1 aromatic heterocycles. The van der Waals surface area contributed by atoms with Gasteiger partial charge in [0, 0.05) is 19.8 Å². The van der Waals surface area contributed by atoms with Crippen molar-refractivity contribution in [3.8, 4) is 0 Å². The monoisotopic (exact) mass is 315 g/mol. The van der Waals surface area contributed by atoms with Crippen molar-refractivity contribution in [2.75, 3.05) is 25.5 Å². The smallest absolute Gasteiger partial charge is 0.255 e. The third-order valence-electron chi connectivity index (χ3n) is 4.18. The van der Waals surface area contributed by atoms with Crippen LogP contribution in [0.4, 0.5) is 10.2 Å². The van der Waals surface area contributed by atoms with Crippen LogP contribution in [0.2, 0.25) is 0 Å². The molecular weight excluding hydrogens is 297 g/mol. The van der Waals surface area contributed by atoms with Crippen molar-refractivity contribution in [1.82, 2.24) is 9.88 Å². The van der Waals surface area contributed by atoms with Gasteiger partial charge in [-0.05, 0) is 36.2 Å². The average Bonchev–Trinajstić information content (AvgIpc) is 2.98. The summed E-state index contributed by atoms with van der Waals surface area (Å²) in [5, 5.41) is 13.7. The minimum Gasteiger partial charge on any atom is -0.383 e. The van der Waals surface area contributed by atoms with Crippen molar-refractivity contribution < 1.29 is 14.3 Å². The Balaban J connectivity index is 1.75. The molecule has 0 bridgehead atoms. The maximum Gasteiger partial charge on any atom is 0.255 e. The summed E-state index contributed by atoms with van der Waals surface area (Å²) in [6.45, 7) is 0.631. The lowest BCUT2D eigenvalue weighted by atomic mass is 9.93. The number of likely N-dealkylation sites (tertiary alicyclic amines) is 1. The number of nitrogens with one attached hydrogen (secondary N) is 1. The van der Waals surface area contributed by atoms with Gasteiger partial charge >= 0.3 is 0 Å². The van der Waals surface area contributed by atoms with E-state index in [-0.39, 0.29) is 18.3 Å². The molecule has 1 amide bonds. The summed E-state index contributed by atoms with van der Waals surface area (Å²) in [6, 6.07) is 9.20. The van der Waals surface area contributed by atoms with Gasteiger partial charge in [0.15, 0.2) is 0 Å². The Morgan fingerprint density at radius 2 is 2.04 bits per heavy atom. The molecule has 0 saturated carbocycles. The summed E-state index contributed by atoms with van der Waals surface area (Å²) in [7, 11) is 1.76. The van der Waals surface area contributed by atoms with E-state index in [0.29, 0.717) is 29.9 Å². The highest BCUT2D eigenvalue weighted by atomic mass is 19.1. The van der Waals surface area contributed by atoms with Crippen molar-refractivity contribution in [2.45, 2.75) is 12.0 Å². The summed E-state index contributed by atoms with van der Waals surface area (Å²) in [6.07, 6.45) is 1.94. The van der Waals surface area contributed by atoms with Crippen LogP contribution in [0.1, 0.15) is 22.3 Å². The molecule has 2 N–H and O–H groups in total. The van der Waals surface area contributed by atoms with Crippen LogP contribution in [-0.2, 0) is 5.60 Å². The van der Waals surface area contributed by atoms with Crippen molar-refractivity contribution in [3.05, 3.63) is 59.5 Å². The molecule has 1 saturated heterocycles. The molecule has 1 aliphatic rings. The fourth-order valence-electron chi connectivity index (χ4n) is 2.81. The first kappa shape index (κ1) is 15.4. The number of pyridine rings is 1. The Bertz CT molecular complexity index is 703. The van der Waals surface area contributed by atoms with E-state index < -0.39 is 5.60 Å². The lowest BCUT2D eigenvalue weighted by molar-refractivity contribution is 0.0417. The molecule has 1 fully saturated rings.